The van der Waals surface area contributed by atoms with Crippen LogP contribution in [0.5, 0.6) is 0 Å². The Bertz CT molecular complexity index is 1050. The Hall–Kier alpha value is -2.07. The van der Waals surface area contributed by atoms with E-state index in [9.17, 15) is 0 Å². The summed E-state index contributed by atoms with van der Waals surface area (Å²) >= 11 is 1.59. The monoisotopic (exact) mass is 400 g/mol. The number of nitrogens with two attached hydrogens (primary N) is 1. The lowest BCUT2D eigenvalue weighted by Crippen LogP contribution is -2.40. The van der Waals surface area contributed by atoms with Gasteiger partial charge < -0.3 is 19.8 Å². The van der Waals surface area contributed by atoms with E-state index >= 15 is 0 Å². The molecule has 148 valence electrons. The largest absolute Gasteiger partial charge is 0.378 e. The molecule has 1 saturated heterocycles. The molecule has 0 radical (unpaired) electrons. The molecule has 2 aliphatic rings. The molecule has 28 heavy (non-hydrogen) atoms. The number of hydrogen-bond donors (Lipinski definition) is 2. The zero-order chi connectivity index (χ0) is 19.3. The van der Waals surface area contributed by atoms with E-state index in [2.05, 4.69) is 34.1 Å². The van der Waals surface area contributed by atoms with Gasteiger partial charge >= 0.3 is 0 Å². The summed E-state index contributed by atoms with van der Waals surface area (Å²) < 4.78 is 12.8. The van der Waals surface area contributed by atoms with Crippen molar-refractivity contribution in [2.75, 3.05) is 36.6 Å². The number of hydrazine groups is 1. The van der Waals surface area contributed by atoms with Crippen LogP contribution in [-0.2, 0) is 22.5 Å². The first-order chi connectivity index (χ1) is 13.6. The highest BCUT2D eigenvalue weighted by Crippen LogP contribution is 2.44. The molecule has 3 N–H and O–H groups in total. The van der Waals surface area contributed by atoms with Gasteiger partial charge in [0.2, 0.25) is 0 Å². The lowest BCUT2D eigenvalue weighted by atomic mass is 9.87. The SMILES string of the molecule is CC[C@@]1(C)Cc2c(c(N3CCOCC3)nc3sc4c(NN)ncnc4c23)CO1. The molecule has 0 aromatic carbocycles. The Labute approximate surface area is 167 Å². The summed E-state index contributed by atoms with van der Waals surface area (Å²) in [6, 6.07) is 0. The van der Waals surface area contributed by atoms with E-state index in [4.69, 9.17) is 20.3 Å². The van der Waals surface area contributed by atoms with Crippen LogP contribution in [0.4, 0.5) is 11.6 Å². The first kappa shape index (κ1) is 18.0. The summed E-state index contributed by atoms with van der Waals surface area (Å²) in [7, 11) is 0. The Morgan fingerprint density at radius 1 is 1.29 bits per heavy atom. The van der Waals surface area contributed by atoms with Crippen LogP contribution in [0.15, 0.2) is 6.33 Å². The number of rotatable bonds is 3. The minimum atomic E-state index is -0.181. The maximum Gasteiger partial charge on any atom is 0.161 e. The quantitative estimate of drug-likeness (QED) is 0.511. The van der Waals surface area contributed by atoms with Crippen LogP contribution in [0.25, 0.3) is 20.4 Å². The highest BCUT2D eigenvalue weighted by molar-refractivity contribution is 7.26. The predicted octanol–water partition coefficient (Wildman–Crippen LogP) is 2.60. The number of anilines is 2. The van der Waals surface area contributed by atoms with Crippen molar-refractivity contribution in [1.29, 1.82) is 0 Å². The zero-order valence-corrected chi connectivity index (χ0v) is 16.9. The highest BCUT2D eigenvalue weighted by atomic mass is 32.1. The first-order valence-corrected chi connectivity index (χ1v) is 10.5. The number of thiophene rings is 1. The van der Waals surface area contributed by atoms with Gasteiger partial charge in [0.1, 0.15) is 17.0 Å². The van der Waals surface area contributed by atoms with Crippen LogP contribution >= 0.6 is 11.3 Å². The number of fused-ring (bicyclic) bond motifs is 5. The third-order valence-corrected chi connectivity index (χ3v) is 6.99. The van der Waals surface area contributed by atoms with Crippen LogP contribution in [0.1, 0.15) is 31.4 Å². The Morgan fingerprint density at radius 3 is 2.86 bits per heavy atom. The molecule has 3 aromatic heterocycles. The Morgan fingerprint density at radius 2 is 2.11 bits per heavy atom. The van der Waals surface area contributed by atoms with Gasteiger partial charge in [0.15, 0.2) is 5.82 Å². The first-order valence-electron chi connectivity index (χ1n) is 9.66. The predicted molar refractivity (Wildman–Crippen MR) is 111 cm³/mol. The molecule has 2 aliphatic heterocycles. The summed E-state index contributed by atoms with van der Waals surface area (Å²) in [5.74, 6) is 7.35. The Kier molecular flexibility index (Phi) is 4.35. The van der Waals surface area contributed by atoms with Crippen LogP contribution in [0.2, 0.25) is 0 Å². The minimum Gasteiger partial charge on any atom is -0.378 e. The van der Waals surface area contributed by atoms with Crippen molar-refractivity contribution in [3.05, 3.63) is 17.5 Å². The van der Waals surface area contributed by atoms with Gasteiger partial charge in [-0.3, -0.25) is 0 Å². The number of nitrogens with zero attached hydrogens (tertiary/aromatic N) is 4. The molecular formula is C19H24N6O2S. The normalized spacial score (nSPS) is 22.6. The maximum atomic E-state index is 6.30. The van der Waals surface area contributed by atoms with Gasteiger partial charge in [0.25, 0.3) is 0 Å². The molecule has 0 spiro atoms. The van der Waals surface area contributed by atoms with Crippen LogP contribution in [-0.4, -0.2) is 46.9 Å². The molecule has 0 bridgehead atoms. The number of nitrogens with one attached hydrogen (secondary N) is 1. The molecule has 1 atom stereocenters. The summed E-state index contributed by atoms with van der Waals surface area (Å²) in [4.78, 5) is 17.2. The molecule has 9 heteroatoms. The van der Waals surface area contributed by atoms with Gasteiger partial charge in [-0.15, -0.1) is 11.3 Å². The minimum absolute atomic E-state index is 0.181. The van der Waals surface area contributed by atoms with Crippen LogP contribution in [0, 0.1) is 0 Å². The topological polar surface area (TPSA) is 98.4 Å². The second-order valence-corrected chi connectivity index (χ2v) is 8.59. The second-order valence-electron chi connectivity index (χ2n) is 7.59. The fourth-order valence-electron chi connectivity index (χ4n) is 4.08. The van der Waals surface area contributed by atoms with E-state index in [-0.39, 0.29) is 5.60 Å². The molecule has 3 aromatic rings. The van der Waals surface area contributed by atoms with E-state index in [1.54, 1.807) is 17.7 Å². The number of morpholine rings is 1. The maximum absolute atomic E-state index is 6.30. The third kappa shape index (κ3) is 2.73. The van der Waals surface area contributed by atoms with Crippen molar-refractivity contribution in [2.45, 2.75) is 38.9 Å². The van der Waals surface area contributed by atoms with Gasteiger partial charge in [0, 0.05) is 30.5 Å². The number of pyridine rings is 1. The molecule has 5 heterocycles. The summed E-state index contributed by atoms with van der Waals surface area (Å²) in [5.41, 5.74) is 5.92. The van der Waals surface area contributed by atoms with Crippen molar-refractivity contribution >= 4 is 43.4 Å². The second kappa shape index (κ2) is 6.77. The van der Waals surface area contributed by atoms with Crippen LogP contribution in [0.3, 0.4) is 0 Å². The van der Waals surface area contributed by atoms with Crippen molar-refractivity contribution in [1.82, 2.24) is 15.0 Å². The van der Waals surface area contributed by atoms with Gasteiger partial charge in [-0.05, 0) is 18.9 Å². The molecule has 0 amide bonds. The lowest BCUT2D eigenvalue weighted by molar-refractivity contribution is -0.0558. The molecular weight excluding hydrogens is 376 g/mol. The average molecular weight is 401 g/mol. The molecule has 0 unspecified atom stereocenters. The molecule has 8 nitrogen and oxygen atoms in total. The van der Waals surface area contributed by atoms with Crippen molar-refractivity contribution in [2.24, 2.45) is 5.84 Å². The average Bonchev–Trinajstić information content (AvgIpc) is 3.12. The van der Waals surface area contributed by atoms with Gasteiger partial charge in [-0.2, -0.15) is 0 Å². The van der Waals surface area contributed by atoms with Crippen molar-refractivity contribution in [3.8, 4) is 0 Å². The number of hydrogen-bond acceptors (Lipinski definition) is 9. The van der Waals surface area contributed by atoms with Crippen molar-refractivity contribution < 1.29 is 9.47 Å². The standard InChI is InChI=1S/C19H24N6O2S/c1-3-19(2)8-11-12(9-27-19)17(25-4-6-26-7-5-25)23-18-13(11)14-15(28-18)16(24-20)22-10-21-14/h10H,3-9,20H2,1-2H3,(H,21,22,24)/t19-/m0/s1. The summed E-state index contributed by atoms with van der Waals surface area (Å²) in [6.45, 7) is 8.07. The van der Waals surface area contributed by atoms with E-state index in [0.717, 1.165) is 65.4 Å². The van der Waals surface area contributed by atoms with Gasteiger partial charge in [-0.1, -0.05) is 6.92 Å². The van der Waals surface area contributed by atoms with E-state index in [1.165, 1.54) is 11.1 Å². The van der Waals surface area contributed by atoms with Gasteiger partial charge in [-0.25, -0.2) is 20.8 Å². The number of ether oxygens (including phenoxy) is 2. The van der Waals surface area contributed by atoms with E-state index in [1.807, 2.05) is 0 Å². The zero-order valence-electron chi connectivity index (χ0n) is 16.1. The molecule has 5 rings (SSSR count). The lowest BCUT2D eigenvalue weighted by Gasteiger charge is -2.37. The number of nitrogen functional groups attached to an aromatic ring is 1. The fraction of sp³-hybridized carbons (Fsp3) is 0.526. The summed E-state index contributed by atoms with van der Waals surface area (Å²) in [5, 5.41) is 1.12. The number of aromatic nitrogens is 3. The molecule has 0 aliphatic carbocycles. The molecule has 0 saturated carbocycles. The third-order valence-electron chi connectivity index (χ3n) is 5.91. The highest BCUT2D eigenvalue weighted by Gasteiger charge is 2.35. The van der Waals surface area contributed by atoms with E-state index in [0.29, 0.717) is 12.4 Å². The summed E-state index contributed by atoms with van der Waals surface area (Å²) in [6.07, 6.45) is 3.36. The molecule has 1 fully saturated rings. The fourth-order valence-corrected chi connectivity index (χ4v) is 5.19. The van der Waals surface area contributed by atoms with Crippen LogP contribution < -0.4 is 16.2 Å². The van der Waals surface area contributed by atoms with Crippen molar-refractivity contribution in [3.63, 3.8) is 0 Å². The Balaban J connectivity index is 1.80. The smallest absolute Gasteiger partial charge is 0.161 e. The van der Waals surface area contributed by atoms with E-state index < -0.39 is 0 Å². The van der Waals surface area contributed by atoms with Gasteiger partial charge in [0.05, 0.1) is 35.6 Å².